The van der Waals surface area contributed by atoms with Crippen LogP contribution >= 0.6 is 12.2 Å². The second-order valence-electron chi connectivity index (χ2n) is 7.33. The second-order valence-corrected chi connectivity index (χ2v) is 9.56. The summed E-state index contributed by atoms with van der Waals surface area (Å²) in [4.78, 5) is 13.1. The molecule has 1 heterocycles. The largest absolute Gasteiger partial charge is 0.467 e. The van der Waals surface area contributed by atoms with Crippen LogP contribution in [0.1, 0.15) is 24.0 Å². The number of thiocarbonyl (C=S) groups is 1. The molecule has 0 bridgehead atoms. The van der Waals surface area contributed by atoms with Gasteiger partial charge in [-0.3, -0.25) is 0 Å². The highest BCUT2D eigenvalue weighted by atomic mass is 32.2. The maximum Gasteiger partial charge on any atom is 0.330 e. The quantitative estimate of drug-likeness (QED) is 0.521. The summed E-state index contributed by atoms with van der Waals surface area (Å²) in [6.07, 6.45) is 1.77. The molecule has 2 atom stereocenters. The number of sulfonamides is 1. The van der Waals surface area contributed by atoms with E-state index in [2.05, 4.69) is 5.32 Å². The van der Waals surface area contributed by atoms with E-state index in [1.54, 1.807) is 24.3 Å². The van der Waals surface area contributed by atoms with Gasteiger partial charge in [-0.15, -0.1) is 0 Å². The molecule has 160 valence electrons. The van der Waals surface area contributed by atoms with Gasteiger partial charge < -0.3 is 10.1 Å². The van der Waals surface area contributed by atoms with Gasteiger partial charge in [0.05, 0.1) is 18.0 Å². The van der Waals surface area contributed by atoms with E-state index in [4.69, 9.17) is 17.0 Å². The van der Waals surface area contributed by atoms with E-state index in [-0.39, 0.29) is 22.3 Å². The molecule has 1 fully saturated rings. The lowest BCUT2D eigenvalue weighted by Crippen LogP contribution is -2.54. The molecule has 0 aromatic heterocycles. The molecule has 0 amide bonds. The first-order chi connectivity index (χ1) is 14.3. The molecule has 0 radical (unpaired) electrons. The molecule has 1 saturated heterocycles. The van der Waals surface area contributed by atoms with E-state index in [1.165, 1.54) is 7.11 Å². The minimum atomic E-state index is -4.08. The van der Waals surface area contributed by atoms with Crippen molar-refractivity contribution in [3.8, 4) is 0 Å². The first-order valence-electron chi connectivity index (χ1n) is 9.84. The summed E-state index contributed by atoms with van der Waals surface area (Å²) in [7, 11) is -2.82. The van der Waals surface area contributed by atoms with Crippen molar-refractivity contribution in [1.82, 2.24) is 9.62 Å². The molecule has 1 unspecified atom stereocenters. The third-order valence-electron chi connectivity index (χ3n) is 5.18. The molecule has 1 aliphatic heterocycles. The number of esters is 1. The van der Waals surface area contributed by atoms with Gasteiger partial charge in [0.1, 0.15) is 11.0 Å². The fourth-order valence-corrected chi connectivity index (χ4v) is 5.74. The summed E-state index contributed by atoms with van der Waals surface area (Å²) in [5.41, 5.74) is 1.76. The third kappa shape index (κ3) is 4.88. The van der Waals surface area contributed by atoms with Gasteiger partial charge in [0, 0.05) is 6.42 Å². The van der Waals surface area contributed by atoms with Crippen molar-refractivity contribution >= 4 is 33.2 Å². The van der Waals surface area contributed by atoms with Gasteiger partial charge in [0.15, 0.2) is 0 Å². The van der Waals surface area contributed by atoms with Crippen LogP contribution in [0, 0.1) is 6.92 Å². The van der Waals surface area contributed by atoms with E-state index < -0.39 is 22.0 Å². The van der Waals surface area contributed by atoms with Crippen molar-refractivity contribution in [2.45, 2.75) is 43.2 Å². The molecule has 1 aliphatic rings. The molecule has 2 aromatic rings. The fourth-order valence-electron chi connectivity index (χ4n) is 3.55. The van der Waals surface area contributed by atoms with Crippen molar-refractivity contribution in [2.24, 2.45) is 0 Å². The van der Waals surface area contributed by atoms with Gasteiger partial charge in [0.25, 0.3) is 10.0 Å². The number of aryl methyl sites for hydroxylation is 1. The summed E-state index contributed by atoms with van der Waals surface area (Å²) in [6, 6.07) is 14.4. The SMILES string of the molecule is COC(=O)[C@H](Cc1ccccc1)N(C(=S)C1CCCN1)S(=O)(=O)c1ccc(C)cc1. The van der Waals surface area contributed by atoms with Crippen LogP contribution < -0.4 is 5.32 Å². The second kappa shape index (κ2) is 9.68. The van der Waals surface area contributed by atoms with E-state index in [0.717, 1.165) is 34.8 Å². The Kier molecular flexibility index (Phi) is 7.23. The number of rotatable bonds is 7. The first kappa shape index (κ1) is 22.4. The summed E-state index contributed by atoms with van der Waals surface area (Å²) in [6.45, 7) is 2.64. The number of nitrogens with zero attached hydrogens (tertiary/aromatic N) is 1. The molecule has 1 N–H and O–H groups in total. The minimum Gasteiger partial charge on any atom is -0.467 e. The predicted molar refractivity (Wildman–Crippen MR) is 120 cm³/mol. The van der Waals surface area contributed by atoms with Crippen LogP contribution in [0.5, 0.6) is 0 Å². The number of benzene rings is 2. The molecule has 6 nitrogen and oxygen atoms in total. The van der Waals surface area contributed by atoms with E-state index in [9.17, 15) is 13.2 Å². The number of carbonyl (C=O) groups is 1. The Morgan fingerprint density at radius 3 is 2.43 bits per heavy atom. The van der Waals surface area contributed by atoms with E-state index in [0.29, 0.717) is 0 Å². The van der Waals surface area contributed by atoms with Crippen molar-refractivity contribution in [3.63, 3.8) is 0 Å². The Morgan fingerprint density at radius 2 is 1.87 bits per heavy atom. The molecular weight excluding hydrogens is 420 g/mol. The molecular formula is C22H26N2O4S2. The molecule has 30 heavy (non-hydrogen) atoms. The van der Waals surface area contributed by atoms with Gasteiger partial charge in [-0.2, -0.15) is 0 Å². The number of hydrogen-bond donors (Lipinski definition) is 1. The number of methoxy groups -OCH3 is 1. The minimum absolute atomic E-state index is 0.0930. The maximum absolute atomic E-state index is 13.7. The Labute approximate surface area is 183 Å². The van der Waals surface area contributed by atoms with E-state index >= 15 is 0 Å². The highest BCUT2D eigenvalue weighted by Crippen LogP contribution is 2.25. The Bertz CT molecular complexity index is 986. The Balaban J connectivity index is 2.08. The Hall–Kier alpha value is -2.29. The third-order valence-corrected chi connectivity index (χ3v) is 7.62. The smallest absolute Gasteiger partial charge is 0.330 e. The number of carbonyl (C=O) groups excluding carboxylic acids is 1. The van der Waals surface area contributed by atoms with Crippen molar-refractivity contribution < 1.29 is 17.9 Å². The lowest BCUT2D eigenvalue weighted by Gasteiger charge is -2.33. The fraction of sp³-hybridized carbons (Fsp3) is 0.364. The zero-order valence-corrected chi connectivity index (χ0v) is 18.7. The average Bonchev–Trinajstić information content (AvgIpc) is 3.28. The van der Waals surface area contributed by atoms with Crippen LogP contribution in [0.15, 0.2) is 59.5 Å². The topological polar surface area (TPSA) is 75.7 Å². The van der Waals surface area contributed by atoms with Gasteiger partial charge >= 0.3 is 5.97 Å². The lowest BCUT2D eigenvalue weighted by atomic mass is 10.1. The maximum atomic E-state index is 13.7. The summed E-state index contributed by atoms with van der Waals surface area (Å²) < 4.78 is 33.5. The monoisotopic (exact) mass is 446 g/mol. The Morgan fingerprint density at radius 1 is 1.20 bits per heavy atom. The van der Waals surface area contributed by atoms with Gasteiger partial charge in [0.2, 0.25) is 0 Å². The van der Waals surface area contributed by atoms with Gasteiger partial charge in [-0.1, -0.05) is 60.2 Å². The molecule has 2 aromatic carbocycles. The zero-order chi connectivity index (χ0) is 21.7. The summed E-state index contributed by atoms with van der Waals surface area (Å²) >= 11 is 5.65. The predicted octanol–water partition coefficient (Wildman–Crippen LogP) is 2.85. The molecule has 0 aliphatic carbocycles. The van der Waals surface area contributed by atoms with Crippen LogP contribution in [0.25, 0.3) is 0 Å². The molecule has 0 saturated carbocycles. The number of hydrogen-bond acceptors (Lipinski definition) is 6. The zero-order valence-electron chi connectivity index (χ0n) is 17.1. The van der Waals surface area contributed by atoms with Crippen LogP contribution in [0.3, 0.4) is 0 Å². The van der Waals surface area contributed by atoms with Gasteiger partial charge in [-0.05, 0) is 44.0 Å². The highest BCUT2D eigenvalue weighted by molar-refractivity contribution is 7.91. The standard InChI is InChI=1S/C22H26N2O4S2/c1-16-10-12-18(13-11-16)30(26,27)24(21(29)19-9-6-14-23-19)20(22(25)28-2)15-17-7-4-3-5-8-17/h3-5,7-8,10-13,19-20,23H,6,9,14-15H2,1-2H3/t19?,20-/m0/s1. The van der Waals surface area contributed by atoms with Gasteiger partial charge in [-0.25, -0.2) is 17.5 Å². The van der Waals surface area contributed by atoms with Crippen molar-refractivity contribution in [2.75, 3.05) is 13.7 Å². The average molecular weight is 447 g/mol. The molecule has 3 rings (SSSR count). The first-order valence-corrected chi connectivity index (χ1v) is 11.7. The van der Waals surface area contributed by atoms with Crippen LogP contribution in [-0.4, -0.2) is 49.4 Å². The van der Waals surface area contributed by atoms with Crippen LogP contribution in [0.4, 0.5) is 0 Å². The van der Waals surface area contributed by atoms with Crippen molar-refractivity contribution in [1.29, 1.82) is 0 Å². The van der Waals surface area contributed by atoms with Crippen LogP contribution in [-0.2, 0) is 26.0 Å². The summed E-state index contributed by atoms with van der Waals surface area (Å²) in [5.74, 6) is -0.644. The van der Waals surface area contributed by atoms with Crippen molar-refractivity contribution in [3.05, 3.63) is 65.7 Å². The normalized spacial score (nSPS) is 17.3. The van der Waals surface area contributed by atoms with Crippen LogP contribution in [0.2, 0.25) is 0 Å². The lowest BCUT2D eigenvalue weighted by molar-refractivity contribution is -0.144. The number of ether oxygens (including phenoxy) is 1. The molecule has 0 spiro atoms. The van der Waals surface area contributed by atoms with E-state index in [1.807, 2.05) is 37.3 Å². The summed E-state index contributed by atoms with van der Waals surface area (Å²) in [5, 5.41) is 3.25. The molecule has 8 heteroatoms. The highest BCUT2D eigenvalue weighted by Gasteiger charge is 2.41. The number of nitrogens with one attached hydrogen (secondary N) is 1.